The third kappa shape index (κ3) is 4.52. The van der Waals surface area contributed by atoms with E-state index >= 15 is 0 Å². The van der Waals surface area contributed by atoms with E-state index in [4.69, 9.17) is 9.84 Å². The summed E-state index contributed by atoms with van der Waals surface area (Å²) in [5.74, 6) is 0. The van der Waals surface area contributed by atoms with Gasteiger partial charge in [0.25, 0.3) is 0 Å². The second-order valence-electron chi connectivity index (χ2n) is 5.01. The van der Waals surface area contributed by atoms with Gasteiger partial charge in [0.1, 0.15) is 0 Å². The topological polar surface area (TPSA) is 70.6 Å². The number of rotatable bonds is 7. The standard InChI is InChI=1S/C12H24N2O3/c1-10(8-15)14-11(16)13-9-12(4-3-5-12)6-7-17-2/h10,15H,3-9H2,1-2H3,(H2,13,14,16). The van der Waals surface area contributed by atoms with Crippen LogP contribution in [0.25, 0.3) is 0 Å². The van der Waals surface area contributed by atoms with E-state index in [2.05, 4.69) is 10.6 Å². The molecule has 0 aliphatic heterocycles. The predicted molar refractivity (Wildman–Crippen MR) is 65.9 cm³/mol. The van der Waals surface area contributed by atoms with Gasteiger partial charge in [-0.3, -0.25) is 0 Å². The Labute approximate surface area is 103 Å². The van der Waals surface area contributed by atoms with E-state index in [1.165, 1.54) is 6.42 Å². The first kappa shape index (κ1) is 14.3. The van der Waals surface area contributed by atoms with Crippen LogP contribution in [0.15, 0.2) is 0 Å². The van der Waals surface area contributed by atoms with Gasteiger partial charge in [-0.25, -0.2) is 4.79 Å². The molecule has 0 radical (unpaired) electrons. The Kier molecular flexibility index (Phi) is 5.71. The van der Waals surface area contributed by atoms with E-state index in [9.17, 15) is 4.79 Å². The monoisotopic (exact) mass is 244 g/mol. The molecule has 2 amide bonds. The summed E-state index contributed by atoms with van der Waals surface area (Å²) in [6.07, 6.45) is 4.55. The van der Waals surface area contributed by atoms with E-state index in [-0.39, 0.29) is 24.1 Å². The molecular weight excluding hydrogens is 220 g/mol. The summed E-state index contributed by atoms with van der Waals surface area (Å²) in [5, 5.41) is 14.4. The van der Waals surface area contributed by atoms with Gasteiger partial charge in [-0.15, -0.1) is 0 Å². The Balaban J connectivity index is 2.25. The summed E-state index contributed by atoms with van der Waals surface area (Å²) in [6.45, 7) is 3.17. The largest absolute Gasteiger partial charge is 0.394 e. The molecule has 1 rings (SSSR count). The van der Waals surface area contributed by atoms with Crippen LogP contribution in [0.2, 0.25) is 0 Å². The number of aliphatic hydroxyl groups excluding tert-OH is 1. The number of urea groups is 1. The van der Waals surface area contributed by atoms with Gasteiger partial charge in [0.15, 0.2) is 0 Å². The van der Waals surface area contributed by atoms with Crippen LogP contribution in [-0.2, 0) is 4.74 Å². The highest BCUT2D eigenvalue weighted by Crippen LogP contribution is 2.43. The van der Waals surface area contributed by atoms with E-state index in [0.717, 1.165) is 25.9 Å². The molecule has 5 heteroatoms. The molecular formula is C12H24N2O3. The van der Waals surface area contributed by atoms with Crippen LogP contribution in [0, 0.1) is 5.41 Å². The Morgan fingerprint density at radius 1 is 1.53 bits per heavy atom. The lowest BCUT2D eigenvalue weighted by atomic mass is 9.67. The van der Waals surface area contributed by atoms with Crippen molar-refractivity contribution in [3.8, 4) is 0 Å². The van der Waals surface area contributed by atoms with Crippen LogP contribution < -0.4 is 10.6 Å². The zero-order valence-corrected chi connectivity index (χ0v) is 10.8. The number of ether oxygens (including phenoxy) is 1. The van der Waals surface area contributed by atoms with Crippen LogP contribution in [0.1, 0.15) is 32.6 Å². The van der Waals surface area contributed by atoms with E-state index in [0.29, 0.717) is 6.54 Å². The van der Waals surface area contributed by atoms with Crippen LogP contribution >= 0.6 is 0 Å². The Morgan fingerprint density at radius 2 is 2.24 bits per heavy atom. The number of methoxy groups -OCH3 is 1. The maximum Gasteiger partial charge on any atom is 0.315 e. The first-order chi connectivity index (χ1) is 8.12. The van der Waals surface area contributed by atoms with Gasteiger partial charge in [0.2, 0.25) is 0 Å². The van der Waals surface area contributed by atoms with Gasteiger partial charge < -0.3 is 20.5 Å². The van der Waals surface area contributed by atoms with Gasteiger partial charge in [0.05, 0.1) is 12.6 Å². The quantitative estimate of drug-likeness (QED) is 0.622. The maximum atomic E-state index is 11.5. The fourth-order valence-electron chi connectivity index (χ4n) is 2.10. The molecule has 0 aromatic carbocycles. The number of hydrogen-bond acceptors (Lipinski definition) is 3. The minimum absolute atomic E-state index is 0.0394. The number of carbonyl (C=O) groups is 1. The smallest absolute Gasteiger partial charge is 0.315 e. The number of carbonyl (C=O) groups excluding carboxylic acids is 1. The molecule has 0 bridgehead atoms. The molecule has 1 aliphatic carbocycles. The summed E-state index contributed by atoms with van der Waals surface area (Å²) < 4.78 is 5.10. The fraction of sp³-hybridized carbons (Fsp3) is 0.917. The molecule has 0 aromatic heterocycles. The van der Waals surface area contributed by atoms with Crippen molar-refractivity contribution in [1.29, 1.82) is 0 Å². The van der Waals surface area contributed by atoms with Crippen molar-refractivity contribution in [3.63, 3.8) is 0 Å². The zero-order chi connectivity index (χ0) is 12.7. The van der Waals surface area contributed by atoms with Crippen molar-refractivity contribution < 1.29 is 14.6 Å². The summed E-state index contributed by atoms with van der Waals surface area (Å²) in [7, 11) is 1.70. The molecule has 0 spiro atoms. The van der Waals surface area contributed by atoms with Gasteiger partial charge >= 0.3 is 6.03 Å². The molecule has 100 valence electrons. The van der Waals surface area contributed by atoms with Crippen molar-refractivity contribution in [2.75, 3.05) is 26.9 Å². The third-order valence-corrected chi connectivity index (χ3v) is 3.53. The number of nitrogens with one attached hydrogen (secondary N) is 2. The molecule has 0 saturated heterocycles. The lowest BCUT2D eigenvalue weighted by Gasteiger charge is -2.42. The van der Waals surface area contributed by atoms with Crippen molar-refractivity contribution in [2.45, 2.75) is 38.6 Å². The second kappa shape index (κ2) is 6.81. The van der Waals surface area contributed by atoms with E-state index < -0.39 is 0 Å². The van der Waals surface area contributed by atoms with Crippen LogP contribution in [-0.4, -0.2) is 44.0 Å². The number of hydrogen-bond donors (Lipinski definition) is 3. The average Bonchev–Trinajstić information content (AvgIpc) is 2.27. The Bertz CT molecular complexity index is 242. The molecule has 5 nitrogen and oxygen atoms in total. The molecule has 1 saturated carbocycles. The van der Waals surface area contributed by atoms with Crippen LogP contribution in [0.3, 0.4) is 0 Å². The minimum Gasteiger partial charge on any atom is -0.394 e. The maximum absolute atomic E-state index is 11.5. The van der Waals surface area contributed by atoms with Crippen molar-refractivity contribution in [1.82, 2.24) is 10.6 Å². The molecule has 1 fully saturated rings. The van der Waals surface area contributed by atoms with Crippen molar-refractivity contribution >= 4 is 6.03 Å². The Hall–Kier alpha value is -0.810. The highest BCUT2D eigenvalue weighted by Gasteiger charge is 2.36. The second-order valence-corrected chi connectivity index (χ2v) is 5.01. The lowest BCUT2D eigenvalue weighted by Crippen LogP contribution is -2.48. The predicted octanol–water partition coefficient (Wildman–Crippen LogP) is 0.873. The molecule has 0 aromatic rings. The highest BCUT2D eigenvalue weighted by molar-refractivity contribution is 5.74. The first-order valence-electron chi connectivity index (χ1n) is 6.26. The van der Waals surface area contributed by atoms with Gasteiger partial charge in [-0.05, 0) is 31.6 Å². The van der Waals surface area contributed by atoms with Gasteiger partial charge in [-0.2, -0.15) is 0 Å². The SMILES string of the molecule is COCCC1(CNC(=O)NC(C)CO)CCC1. The highest BCUT2D eigenvalue weighted by atomic mass is 16.5. The molecule has 1 unspecified atom stereocenters. The van der Waals surface area contributed by atoms with Crippen LogP contribution in [0.4, 0.5) is 4.79 Å². The molecule has 17 heavy (non-hydrogen) atoms. The lowest BCUT2D eigenvalue weighted by molar-refractivity contribution is 0.0710. The fourth-order valence-corrected chi connectivity index (χ4v) is 2.10. The summed E-state index contributed by atoms with van der Waals surface area (Å²) in [5.41, 5.74) is 0.232. The minimum atomic E-state index is -0.202. The van der Waals surface area contributed by atoms with Crippen molar-refractivity contribution in [3.05, 3.63) is 0 Å². The molecule has 0 heterocycles. The molecule has 1 aliphatic rings. The first-order valence-corrected chi connectivity index (χ1v) is 6.26. The number of aliphatic hydroxyl groups is 1. The zero-order valence-electron chi connectivity index (χ0n) is 10.8. The normalized spacial score (nSPS) is 19.2. The van der Waals surface area contributed by atoms with Crippen molar-refractivity contribution in [2.24, 2.45) is 5.41 Å². The molecule has 1 atom stereocenters. The van der Waals surface area contributed by atoms with Crippen LogP contribution in [0.5, 0.6) is 0 Å². The third-order valence-electron chi connectivity index (χ3n) is 3.53. The Morgan fingerprint density at radius 3 is 2.71 bits per heavy atom. The van der Waals surface area contributed by atoms with E-state index in [1.807, 2.05) is 0 Å². The van der Waals surface area contributed by atoms with E-state index in [1.54, 1.807) is 14.0 Å². The van der Waals surface area contributed by atoms with Gasteiger partial charge in [-0.1, -0.05) is 6.42 Å². The summed E-state index contributed by atoms with van der Waals surface area (Å²) in [4.78, 5) is 11.5. The summed E-state index contributed by atoms with van der Waals surface area (Å²) in [6, 6.07) is -0.401. The summed E-state index contributed by atoms with van der Waals surface area (Å²) >= 11 is 0. The average molecular weight is 244 g/mol. The number of amides is 2. The van der Waals surface area contributed by atoms with Gasteiger partial charge in [0, 0.05) is 20.3 Å². The molecule has 3 N–H and O–H groups in total.